The molecule has 6 nitrogen and oxygen atoms in total. The summed E-state index contributed by atoms with van der Waals surface area (Å²) >= 11 is 0. The Hall–Kier alpha value is -2.11. The Labute approximate surface area is 92.5 Å². The van der Waals surface area contributed by atoms with Crippen LogP contribution in [0.3, 0.4) is 0 Å². The van der Waals surface area contributed by atoms with E-state index in [0.29, 0.717) is 5.82 Å². The van der Waals surface area contributed by atoms with Gasteiger partial charge in [0.15, 0.2) is 0 Å². The number of ether oxygens (including phenoxy) is 2. The average Bonchev–Trinajstić information content (AvgIpc) is 2.70. The van der Waals surface area contributed by atoms with E-state index in [9.17, 15) is 9.59 Å². The van der Waals surface area contributed by atoms with Crippen molar-refractivity contribution in [2.24, 2.45) is 0 Å². The van der Waals surface area contributed by atoms with Crippen LogP contribution in [-0.4, -0.2) is 35.7 Å². The molecule has 0 aliphatic carbocycles. The molecule has 0 spiro atoms. The van der Waals surface area contributed by atoms with Crippen LogP contribution in [0, 0.1) is 6.92 Å². The van der Waals surface area contributed by atoms with E-state index < -0.39 is 11.9 Å². The van der Waals surface area contributed by atoms with E-state index in [2.05, 4.69) is 14.5 Å². The minimum absolute atomic E-state index is 0.0596. The van der Waals surface area contributed by atoms with Crippen molar-refractivity contribution in [1.29, 1.82) is 0 Å². The zero-order chi connectivity index (χ0) is 12.1. The fourth-order valence-corrected chi connectivity index (χ4v) is 1.13. The maximum Gasteiger partial charge on any atom is 0.355 e. The first-order chi connectivity index (χ1) is 7.60. The van der Waals surface area contributed by atoms with Crippen LogP contribution in [0.15, 0.2) is 18.5 Å². The topological polar surface area (TPSA) is 70.4 Å². The Kier molecular flexibility index (Phi) is 3.82. The Morgan fingerprint density at radius 1 is 1.38 bits per heavy atom. The van der Waals surface area contributed by atoms with Crippen molar-refractivity contribution in [3.05, 3.63) is 24.3 Å². The summed E-state index contributed by atoms with van der Waals surface area (Å²) in [5.41, 5.74) is 0.0596. The third kappa shape index (κ3) is 2.47. The number of methoxy groups -OCH3 is 2. The van der Waals surface area contributed by atoms with Crippen molar-refractivity contribution >= 4 is 17.6 Å². The molecule has 16 heavy (non-hydrogen) atoms. The molecule has 0 radical (unpaired) electrons. The molecule has 0 N–H and O–H groups in total. The summed E-state index contributed by atoms with van der Waals surface area (Å²) in [5, 5.41) is 0. The Balaban J connectivity index is 3.16. The van der Waals surface area contributed by atoms with Gasteiger partial charge < -0.3 is 9.47 Å². The number of hydrogen-bond acceptors (Lipinski definition) is 5. The number of aromatic nitrogens is 2. The molecular weight excluding hydrogens is 212 g/mol. The van der Waals surface area contributed by atoms with E-state index >= 15 is 0 Å². The standard InChI is InChI=1S/C10H12N2O4/c1-7-11-4-5-12(7)8(10(14)16-3)6-9(13)15-2/h4-6H,1-3H3/b8-6-. The number of aryl methyl sites for hydroxylation is 1. The van der Waals surface area contributed by atoms with Crippen LogP contribution in [0.4, 0.5) is 0 Å². The highest BCUT2D eigenvalue weighted by Crippen LogP contribution is 2.09. The van der Waals surface area contributed by atoms with E-state index in [0.717, 1.165) is 6.08 Å². The molecule has 86 valence electrons. The van der Waals surface area contributed by atoms with Crippen LogP contribution in [0.1, 0.15) is 5.82 Å². The maximum absolute atomic E-state index is 11.5. The van der Waals surface area contributed by atoms with Gasteiger partial charge in [0.05, 0.1) is 20.3 Å². The van der Waals surface area contributed by atoms with E-state index in [1.54, 1.807) is 13.1 Å². The number of hydrogen-bond donors (Lipinski definition) is 0. The third-order valence-electron chi connectivity index (χ3n) is 1.94. The quantitative estimate of drug-likeness (QED) is 0.548. The number of rotatable bonds is 3. The highest BCUT2D eigenvalue weighted by Gasteiger charge is 2.15. The lowest BCUT2D eigenvalue weighted by atomic mass is 10.3. The molecule has 0 fully saturated rings. The minimum atomic E-state index is -0.633. The van der Waals surface area contributed by atoms with Crippen molar-refractivity contribution in [3.63, 3.8) is 0 Å². The summed E-state index contributed by atoms with van der Waals surface area (Å²) in [6, 6.07) is 0. The van der Waals surface area contributed by atoms with Crippen LogP contribution >= 0.6 is 0 Å². The molecule has 0 unspecified atom stereocenters. The normalized spacial score (nSPS) is 11.1. The third-order valence-corrected chi connectivity index (χ3v) is 1.94. The summed E-state index contributed by atoms with van der Waals surface area (Å²) in [6.07, 6.45) is 4.13. The molecule has 6 heteroatoms. The molecular formula is C10H12N2O4. The summed E-state index contributed by atoms with van der Waals surface area (Å²) in [4.78, 5) is 26.5. The van der Waals surface area contributed by atoms with Gasteiger partial charge in [-0.25, -0.2) is 14.6 Å². The smallest absolute Gasteiger partial charge is 0.355 e. The largest absolute Gasteiger partial charge is 0.466 e. The van der Waals surface area contributed by atoms with Gasteiger partial charge in [0, 0.05) is 12.4 Å². The van der Waals surface area contributed by atoms with Gasteiger partial charge in [-0.15, -0.1) is 0 Å². The van der Waals surface area contributed by atoms with Crippen molar-refractivity contribution < 1.29 is 19.1 Å². The lowest BCUT2D eigenvalue weighted by molar-refractivity contribution is -0.137. The monoisotopic (exact) mass is 224 g/mol. The second kappa shape index (κ2) is 5.11. The molecule has 1 aromatic rings. The Bertz CT molecular complexity index is 434. The van der Waals surface area contributed by atoms with E-state index in [-0.39, 0.29) is 5.70 Å². The van der Waals surface area contributed by atoms with Gasteiger partial charge >= 0.3 is 11.9 Å². The summed E-state index contributed by atoms with van der Waals surface area (Å²) < 4.78 is 10.5. The first-order valence-corrected chi connectivity index (χ1v) is 4.48. The average molecular weight is 224 g/mol. The Morgan fingerprint density at radius 2 is 2.06 bits per heavy atom. The van der Waals surface area contributed by atoms with Crippen molar-refractivity contribution in [1.82, 2.24) is 9.55 Å². The number of imidazole rings is 1. The molecule has 0 saturated heterocycles. The van der Waals surface area contributed by atoms with Crippen LogP contribution in [0.2, 0.25) is 0 Å². The van der Waals surface area contributed by atoms with Crippen LogP contribution in [-0.2, 0) is 19.1 Å². The van der Waals surface area contributed by atoms with Crippen molar-refractivity contribution in [2.75, 3.05) is 14.2 Å². The van der Waals surface area contributed by atoms with Gasteiger partial charge in [-0.3, -0.25) is 4.57 Å². The SMILES string of the molecule is COC(=O)/C=C(/C(=O)OC)n1ccnc1C. The molecule has 1 aromatic heterocycles. The fraction of sp³-hybridized carbons (Fsp3) is 0.300. The van der Waals surface area contributed by atoms with Gasteiger partial charge in [-0.05, 0) is 6.92 Å². The van der Waals surface area contributed by atoms with E-state index in [1.807, 2.05) is 0 Å². The molecule has 0 bridgehead atoms. The van der Waals surface area contributed by atoms with Gasteiger partial charge in [0.1, 0.15) is 11.5 Å². The second-order valence-electron chi connectivity index (χ2n) is 2.89. The molecule has 1 heterocycles. The molecule has 0 aromatic carbocycles. The van der Waals surface area contributed by atoms with Gasteiger partial charge in [-0.1, -0.05) is 0 Å². The number of carbonyl (C=O) groups excluding carboxylic acids is 2. The fourth-order valence-electron chi connectivity index (χ4n) is 1.13. The van der Waals surface area contributed by atoms with Gasteiger partial charge in [-0.2, -0.15) is 0 Å². The highest BCUT2D eigenvalue weighted by atomic mass is 16.5. The molecule has 0 aliphatic heterocycles. The van der Waals surface area contributed by atoms with Gasteiger partial charge in [0.25, 0.3) is 0 Å². The van der Waals surface area contributed by atoms with Crippen LogP contribution in [0.5, 0.6) is 0 Å². The highest BCUT2D eigenvalue weighted by molar-refractivity contribution is 6.14. The van der Waals surface area contributed by atoms with Crippen LogP contribution in [0.25, 0.3) is 5.70 Å². The first-order valence-electron chi connectivity index (χ1n) is 4.48. The minimum Gasteiger partial charge on any atom is -0.466 e. The zero-order valence-electron chi connectivity index (χ0n) is 9.26. The van der Waals surface area contributed by atoms with E-state index in [4.69, 9.17) is 0 Å². The van der Waals surface area contributed by atoms with E-state index in [1.165, 1.54) is 25.0 Å². The number of esters is 2. The molecule has 1 rings (SSSR count). The first kappa shape index (κ1) is 12.0. The van der Waals surface area contributed by atoms with Crippen molar-refractivity contribution in [2.45, 2.75) is 6.92 Å². The molecule has 0 atom stereocenters. The second-order valence-corrected chi connectivity index (χ2v) is 2.89. The zero-order valence-corrected chi connectivity index (χ0v) is 9.26. The summed E-state index contributed by atoms with van der Waals surface area (Å²) in [5.74, 6) is -0.694. The Morgan fingerprint density at radius 3 is 2.50 bits per heavy atom. The summed E-state index contributed by atoms with van der Waals surface area (Å²) in [6.45, 7) is 1.70. The molecule has 0 aliphatic rings. The summed E-state index contributed by atoms with van der Waals surface area (Å²) in [7, 11) is 2.47. The number of carbonyl (C=O) groups is 2. The molecule has 0 saturated carbocycles. The number of nitrogens with zero attached hydrogens (tertiary/aromatic N) is 2. The van der Waals surface area contributed by atoms with Gasteiger partial charge in [0.2, 0.25) is 0 Å². The van der Waals surface area contributed by atoms with Crippen LogP contribution < -0.4 is 0 Å². The molecule has 0 amide bonds. The predicted molar refractivity (Wildman–Crippen MR) is 55.3 cm³/mol. The lowest BCUT2D eigenvalue weighted by Gasteiger charge is -2.07. The van der Waals surface area contributed by atoms with Crippen molar-refractivity contribution in [3.8, 4) is 0 Å². The maximum atomic E-state index is 11.5. The lowest BCUT2D eigenvalue weighted by Crippen LogP contribution is -2.13. The predicted octanol–water partition coefficient (Wildman–Crippen LogP) is 0.378.